The van der Waals surface area contributed by atoms with E-state index in [1.54, 1.807) is 18.2 Å². The molecule has 2 nitrogen and oxygen atoms in total. The van der Waals surface area contributed by atoms with Gasteiger partial charge in [0.1, 0.15) is 5.82 Å². The number of nitrogens with one attached hydrogen (secondary N) is 1. The van der Waals surface area contributed by atoms with Crippen LogP contribution in [0.5, 0.6) is 0 Å². The number of rotatable bonds is 2. The fraction of sp³-hybridized carbons (Fsp3) is 0. The Morgan fingerprint density at radius 1 is 1.11 bits per heavy atom. The Hall–Kier alpha value is -1.10. The molecule has 0 aliphatic heterocycles. The van der Waals surface area contributed by atoms with E-state index in [0.717, 1.165) is 6.07 Å². The first-order valence-electron chi connectivity index (χ1n) is 5.19. The van der Waals surface area contributed by atoms with Gasteiger partial charge in [0, 0.05) is 14.5 Å². The summed E-state index contributed by atoms with van der Waals surface area (Å²) in [7, 11) is 0. The minimum Gasteiger partial charge on any atom is -0.321 e. The second-order valence-electron chi connectivity index (χ2n) is 3.70. The van der Waals surface area contributed by atoms with Crippen LogP contribution in [0.25, 0.3) is 0 Å². The molecule has 2 aromatic carbocycles. The molecule has 2 rings (SSSR count). The quantitative estimate of drug-likeness (QED) is 0.786. The molecule has 0 heterocycles. The van der Waals surface area contributed by atoms with Gasteiger partial charge in [0.2, 0.25) is 0 Å². The SMILES string of the molecule is O=C(Nc1cc(Cl)ccc1Br)c1ccc(Cl)cc1F. The highest BCUT2D eigenvalue weighted by atomic mass is 79.9. The van der Waals surface area contributed by atoms with Crippen LogP contribution in [0.1, 0.15) is 10.4 Å². The summed E-state index contributed by atoms with van der Waals surface area (Å²) in [4.78, 5) is 12.0. The normalized spacial score (nSPS) is 10.3. The van der Waals surface area contributed by atoms with Gasteiger partial charge in [-0.3, -0.25) is 4.79 Å². The standard InChI is InChI=1S/C13H7BrCl2FNO/c14-10-4-2-8(16)6-12(10)18-13(19)9-3-1-7(15)5-11(9)17/h1-6H,(H,18,19). The lowest BCUT2D eigenvalue weighted by Crippen LogP contribution is -2.14. The molecule has 0 saturated carbocycles. The van der Waals surface area contributed by atoms with E-state index in [1.807, 2.05) is 0 Å². The van der Waals surface area contributed by atoms with Crippen molar-refractivity contribution in [3.05, 3.63) is 62.3 Å². The Kier molecular flexibility index (Phi) is 4.45. The van der Waals surface area contributed by atoms with Crippen LogP contribution in [0.2, 0.25) is 10.0 Å². The molecule has 1 amide bonds. The first-order chi connectivity index (χ1) is 8.97. The smallest absolute Gasteiger partial charge is 0.258 e. The first-order valence-corrected chi connectivity index (χ1v) is 6.74. The molecule has 0 aromatic heterocycles. The molecule has 0 bridgehead atoms. The maximum Gasteiger partial charge on any atom is 0.258 e. The van der Waals surface area contributed by atoms with Crippen LogP contribution in [0.4, 0.5) is 10.1 Å². The zero-order valence-electron chi connectivity index (χ0n) is 9.38. The molecule has 0 aliphatic rings. The van der Waals surface area contributed by atoms with Gasteiger partial charge in [-0.2, -0.15) is 0 Å². The molecule has 19 heavy (non-hydrogen) atoms. The van der Waals surface area contributed by atoms with Crippen molar-refractivity contribution in [1.29, 1.82) is 0 Å². The van der Waals surface area contributed by atoms with Crippen molar-refractivity contribution in [2.45, 2.75) is 0 Å². The molecule has 6 heteroatoms. The molecule has 98 valence electrons. The Morgan fingerprint density at radius 3 is 2.42 bits per heavy atom. The second kappa shape index (κ2) is 5.90. The van der Waals surface area contributed by atoms with E-state index in [4.69, 9.17) is 23.2 Å². The Morgan fingerprint density at radius 2 is 1.74 bits per heavy atom. The number of hydrogen-bond donors (Lipinski definition) is 1. The Balaban J connectivity index is 2.28. The molecule has 1 N–H and O–H groups in total. The summed E-state index contributed by atoms with van der Waals surface area (Å²) in [6.45, 7) is 0. The zero-order valence-corrected chi connectivity index (χ0v) is 12.5. The van der Waals surface area contributed by atoms with Gasteiger partial charge in [0.15, 0.2) is 0 Å². The Bertz CT molecular complexity index is 649. The van der Waals surface area contributed by atoms with Crippen LogP contribution >= 0.6 is 39.1 Å². The van der Waals surface area contributed by atoms with E-state index < -0.39 is 11.7 Å². The van der Waals surface area contributed by atoms with Gasteiger partial charge in [-0.25, -0.2) is 4.39 Å². The van der Waals surface area contributed by atoms with E-state index >= 15 is 0 Å². The fourth-order valence-electron chi connectivity index (χ4n) is 1.46. The van der Waals surface area contributed by atoms with Crippen molar-refractivity contribution in [3.63, 3.8) is 0 Å². The molecule has 0 saturated heterocycles. The van der Waals surface area contributed by atoms with E-state index in [9.17, 15) is 9.18 Å². The third-order valence-corrected chi connectivity index (χ3v) is 3.51. The van der Waals surface area contributed by atoms with Gasteiger partial charge in [-0.1, -0.05) is 23.2 Å². The maximum absolute atomic E-state index is 13.6. The molecule has 0 atom stereocenters. The molecule has 0 unspecified atom stereocenters. The highest BCUT2D eigenvalue weighted by molar-refractivity contribution is 9.10. The molecule has 2 aromatic rings. The number of amides is 1. The predicted octanol–water partition coefficient (Wildman–Crippen LogP) is 5.15. The molecular formula is C13H7BrCl2FNO. The van der Waals surface area contributed by atoms with Gasteiger partial charge in [-0.05, 0) is 52.3 Å². The van der Waals surface area contributed by atoms with E-state index in [1.165, 1.54) is 12.1 Å². The average molecular weight is 363 g/mol. The van der Waals surface area contributed by atoms with Crippen LogP contribution in [-0.2, 0) is 0 Å². The first kappa shape index (κ1) is 14.3. The highest BCUT2D eigenvalue weighted by Crippen LogP contribution is 2.26. The van der Waals surface area contributed by atoms with E-state index in [0.29, 0.717) is 15.2 Å². The summed E-state index contributed by atoms with van der Waals surface area (Å²) in [6.07, 6.45) is 0. The van der Waals surface area contributed by atoms with Crippen molar-refractivity contribution in [2.75, 3.05) is 5.32 Å². The minimum absolute atomic E-state index is 0.0868. The third kappa shape index (κ3) is 3.47. The molecule has 0 fully saturated rings. The Labute approximate surface area is 127 Å². The highest BCUT2D eigenvalue weighted by Gasteiger charge is 2.13. The second-order valence-corrected chi connectivity index (χ2v) is 5.43. The van der Waals surface area contributed by atoms with Crippen molar-refractivity contribution < 1.29 is 9.18 Å². The zero-order chi connectivity index (χ0) is 14.0. The minimum atomic E-state index is -0.678. The van der Waals surface area contributed by atoms with E-state index in [2.05, 4.69) is 21.2 Å². The average Bonchev–Trinajstić information content (AvgIpc) is 2.33. The van der Waals surface area contributed by atoms with Gasteiger partial charge in [0.25, 0.3) is 5.91 Å². The number of halogens is 4. The molecule has 0 aliphatic carbocycles. The number of carbonyl (C=O) groups excluding carboxylic acids is 1. The van der Waals surface area contributed by atoms with Crippen molar-refractivity contribution in [3.8, 4) is 0 Å². The summed E-state index contributed by atoms with van der Waals surface area (Å²) in [5, 5.41) is 3.28. The lowest BCUT2D eigenvalue weighted by Gasteiger charge is -2.08. The molecular weight excluding hydrogens is 356 g/mol. The van der Waals surface area contributed by atoms with Crippen LogP contribution in [-0.4, -0.2) is 5.91 Å². The van der Waals surface area contributed by atoms with Crippen LogP contribution in [0.15, 0.2) is 40.9 Å². The summed E-state index contributed by atoms with van der Waals surface area (Å²) in [5.74, 6) is -1.25. The lowest BCUT2D eigenvalue weighted by molar-refractivity contribution is 0.102. The topological polar surface area (TPSA) is 29.1 Å². The third-order valence-electron chi connectivity index (χ3n) is 2.35. The van der Waals surface area contributed by atoms with Crippen molar-refractivity contribution >= 4 is 50.7 Å². The van der Waals surface area contributed by atoms with Crippen molar-refractivity contribution in [1.82, 2.24) is 0 Å². The van der Waals surface area contributed by atoms with Gasteiger partial charge < -0.3 is 5.32 Å². The van der Waals surface area contributed by atoms with Crippen molar-refractivity contribution in [2.24, 2.45) is 0 Å². The van der Waals surface area contributed by atoms with Crippen LogP contribution in [0, 0.1) is 5.82 Å². The molecule has 0 spiro atoms. The number of anilines is 1. The summed E-state index contributed by atoms with van der Waals surface area (Å²) in [5.41, 5.74) is 0.378. The number of carbonyl (C=O) groups is 1. The monoisotopic (exact) mass is 361 g/mol. The maximum atomic E-state index is 13.6. The number of benzene rings is 2. The van der Waals surface area contributed by atoms with Gasteiger partial charge in [-0.15, -0.1) is 0 Å². The van der Waals surface area contributed by atoms with Crippen LogP contribution < -0.4 is 5.32 Å². The van der Waals surface area contributed by atoms with E-state index in [-0.39, 0.29) is 10.6 Å². The van der Waals surface area contributed by atoms with Gasteiger partial charge in [0.05, 0.1) is 11.3 Å². The largest absolute Gasteiger partial charge is 0.321 e. The summed E-state index contributed by atoms with van der Waals surface area (Å²) in [6, 6.07) is 8.79. The lowest BCUT2D eigenvalue weighted by atomic mass is 10.2. The summed E-state index contributed by atoms with van der Waals surface area (Å²) >= 11 is 14.7. The summed E-state index contributed by atoms with van der Waals surface area (Å²) < 4.78 is 14.3. The van der Waals surface area contributed by atoms with Crippen LogP contribution in [0.3, 0.4) is 0 Å². The predicted molar refractivity (Wildman–Crippen MR) is 78.5 cm³/mol. The van der Waals surface area contributed by atoms with Gasteiger partial charge >= 0.3 is 0 Å². The fourth-order valence-corrected chi connectivity index (χ4v) is 2.13. The molecule has 0 radical (unpaired) electrons. The number of hydrogen-bond acceptors (Lipinski definition) is 1.